The zero-order valence-corrected chi connectivity index (χ0v) is 11.8. The van der Waals surface area contributed by atoms with E-state index in [1.807, 2.05) is 12.1 Å². The number of anilines is 1. The summed E-state index contributed by atoms with van der Waals surface area (Å²) in [6.07, 6.45) is 0. The molecule has 0 saturated heterocycles. The molecule has 1 atom stereocenters. The third-order valence-corrected chi connectivity index (χ3v) is 3.57. The van der Waals surface area contributed by atoms with Crippen molar-refractivity contribution in [3.05, 3.63) is 28.7 Å². The number of carboxylic acid groups (broad SMARTS) is 1. The predicted molar refractivity (Wildman–Crippen MR) is 75.7 cm³/mol. The van der Waals surface area contributed by atoms with Crippen LogP contribution >= 0.6 is 27.7 Å². The molecule has 0 aromatic heterocycles. The van der Waals surface area contributed by atoms with Gasteiger partial charge in [-0.3, -0.25) is 9.59 Å². The smallest absolute Gasteiger partial charge is 0.321 e. The molecule has 18 heavy (non-hydrogen) atoms. The number of carboxylic acids is 1. The normalized spacial score (nSPS) is 11.9. The van der Waals surface area contributed by atoms with E-state index in [0.717, 1.165) is 4.47 Å². The minimum atomic E-state index is -1.06. The van der Waals surface area contributed by atoms with Gasteiger partial charge in [0.2, 0.25) is 5.91 Å². The molecule has 0 aliphatic heterocycles. The van der Waals surface area contributed by atoms with Crippen molar-refractivity contribution < 1.29 is 14.7 Å². The molecule has 0 heterocycles. The van der Waals surface area contributed by atoms with E-state index in [9.17, 15) is 9.59 Å². The SMILES string of the molecule is NC(CSCC(=O)Nc1ccc(Br)cc1)C(=O)O. The molecule has 1 aromatic carbocycles. The number of halogens is 1. The average Bonchev–Trinajstić information content (AvgIpc) is 2.32. The fraction of sp³-hybridized carbons (Fsp3) is 0.273. The lowest BCUT2D eigenvalue weighted by Gasteiger charge is -2.07. The maximum atomic E-state index is 11.5. The lowest BCUT2D eigenvalue weighted by Crippen LogP contribution is -2.33. The standard InChI is InChI=1S/C11H13BrN2O3S/c12-7-1-3-8(4-2-7)14-10(15)6-18-5-9(13)11(16)17/h1-4,9H,5-6,13H2,(H,14,15)(H,16,17). The number of amides is 1. The van der Waals surface area contributed by atoms with Crippen molar-refractivity contribution in [2.45, 2.75) is 6.04 Å². The minimum absolute atomic E-state index is 0.178. The van der Waals surface area contributed by atoms with Crippen LogP contribution in [-0.4, -0.2) is 34.5 Å². The number of aliphatic carboxylic acids is 1. The minimum Gasteiger partial charge on any atom is -0.480 e. The second-order valence-electron chi connectivity index (χ2n) is 3.51. The van der Waals surface area contributed by atoms with Crippen LogP contribution in [0.1, 0.15) is 0 Å². The lowest BCUT2D eigenvalue weighted by atomic mass is 10.3. The van der Waals surface area contributed by atoms with Crippen LogP contribution in [0.5, 0.6) is 0 Å². The summed E-state index contributed by atoms with van der Waals surface area (Å²) in [5, 5.41) is 11.3. The average molecular weight is 333 g/mol. The molecule has 4 N–H and O–H groups in total. The van der Waals surface area contributed by atoms with Gasteiger partial charge in [0.25, 0.3) is 0 Å². The van der Waals surface area contributed by atoms with Gasteiger partial charge in [-0.1, -0.05) is 15.9 Å². The fourth-order valence-electron chi connectivity index (χ4n) is 1.08. The number of carbonyl (C=O) groups excluding carboxylic acids is 1. The van der Waals surface area contributed by atoms with Crippen LogP contribution in [-0.2, 0) is 9.59 Å². The number of thioether (sulfide) groups is 1. The van der Waals surface area contributed by atoms with Crippen LogP contribution in [0.25, 0.3) is 0 Å². The number of nitrogens with one attached hydrogen (secondary N) is 1. The molecule has 7 heteroatoms. The van der Waals surface area contributed by atoms with E-state index in [4.69, 9.17) is 10.8 Å². The van der Waals surface area contributed by atoms with Gasteiger partial charge in [0, 0.05) is 15.9 Å². The highest BCUT2D eigenvalue weighted by Crippen LogP contribution is 2.14. The summed E-state index contributed by atoms with van der Waals surface area (Å²) in [7, 11) is 0. The predicted octanol–water partition coefficient (Wildman–Crippen LogP) is 1.53. The van der Waals surface area contributed by atoms with Gasteiger partial charge in [0.15, 0.2) is 0 Å². The second kappa shape index (κ2) is 7.40. The first kappa shape index (κ1) is 15.0. The van der Waals surface area contributed by atoms with Crippen LogP contribution in [0.4, 0.5) is 5.69 Å². The maximum absolute atomic E-state index is 11.5. The zero-order valence-electron chi connectivity index (χ0n) is 9.43. The third-order valence-electron chi connectivity index (χ3n) is 1.98. The van der Waals surface area contributed by atoms with Crippen molar-refractivity contribution in [1.29, 1.82) is 0 Å². The van der Waals surface area contributed by atoms with Gasteiger partial charge in [0.1, 0.15) is 6.04 Å². The third kappa shape index (κ3) is 5.52. The molecule has 0 aliphatic carbocycles. The molecular weight excluding hydrogens is 320 g/mol. The Morgan fingerprint density at radius 3 is 2.56 bits per heavy atom. The van der Waals surface area contributed by atoms with Crippen LogP contribution < -0.4 is 11.1 Å². The Hall–Kier alpha value is -1.05. The van der Waals surface area contributed by atoms with E-state index in [0.29, 0.717) is 5.69 Å². The Morgan fingerprint density at radius 2 is 2.00 bits per heavy atom. The topological polar surface area (TPSA) is 92.4 Å². The fourth-order valence-corrected chi connectivity index (χ4v) is 2.12. The molecular formula is C11H13BrN2O3S. The van der Waals surface area contributed by atoms with Crippen molar-refractivity contribution in [2.24, 2.45) is 5.73 Å². The summed E-state index contributed by atoms with van der Waals surface area (Å²) in [5.74, 6) is -0.851. The molecule has 98 valence electrons. The molecule has 1 rings (SSSR count). The molecule has 0 aliphatic rings. The molecule has 1 aromatic rings. The summed E-state index contributed by atoms with van der Waals surface area (Å²) >= 11 is 4.49. The molecule has 1 unspecified atom stereocenters. The van der Waals surface area contributed by atoms with Crippen molar-refractivity contribution in [2.75, 3.05) is 16.8 Å². The number of rotatable bonds is 6. The molecule has 1 amide bonds. The van der Waals surface area contributed by atoms with E-state index in [1.54, 1.807) is 12.1 Å². The highest BCUT2D eigenvalue weighted by atomic mass is 79.9. The Bertz CT molecular complexity index is 425. The first-order chi connectivity index (χ1) is 8.49. The Morgan fingerprint density at radius 1 is 1.39 bits per heavy atom. The van der Waals surface area contributed by atoms with E-state index in [-0.39, 0.29) is 17.4 Å². The van der Waals surface area contributed by atoms with Gasteiger partial charge in [-0.25, -0.2) is 0 Å². The first-order valence-corrected chi connectivity index (χ1v) is 7.05. The van der Waals surface area contributed by atoms with Crippen molar-refractivity contribution in [1.82, 2.24) is 0 Å². The number of hydrogen-bond donors (Lipinski definition) is 3. The van der Waals surface area contributed by atoms with E-state index < -0.39 is 12.0 Å². The largest absolute Gasteiger partial charge is 0.480 e. The summed E-state index contributed by atoms with van der Waals surface area (Å²) in [5.41, 5.74) is 6.01. The van der Waals surface area contributed by atoms with E-state index in [1.165, 1.54) is 11.8 Å². The number of nitrogens with two attached hydrogens (primary N) is 1. The van der Waals surface area contributed by atoms with Gasteiger partial charge in [0.05, 0.1) is 5.75 Å². The molecule has 0 bridgehead atoms. The molecule has 5 nitrogen and oxygen atoms in total. The maximum Gasteiger partial charge on any atom is 0.321 e. The molecule has 0 spiro atoms. The lowest BCUT2D eigenvalue weighted by molar-refractivity contribution is -0.137. The highest BCUT2D eigenvalue weighted by Gasteiger charge is 2.12. The van der Waals surface area contributed by atoms with Gasteiger partial charge in [-0.05, 0) is 24.3 Å². The van der Waals surface area contributed by atoms with Gasteiger partial charge < -0.3 is 16.2 Å². The summed E-state index contributed by atoms with van der Waals surface area (Å²) in [6.45, 7) is 0. The van der Waals surface area contributed by atoms with E-state index >= 15 is 0 Å². The molecule has 0 fully saturated rings. The second-order valence-corrected chi connectivity index (χ2v) is 5.46. The quantitative estimate of drug-likeness (QED) is 0.734. The van der Waals surface area contributed by atoms with Gasteiger partial charge in [-0.2, -0.15) is 0 Å². The summed E-state index contributed by atoms with van der Waals surface area (Å²) < 4.78 is 0.933. The zero-order chi connectivity index (χ0) is 13.5. The Balaban J connectivity index is 2.30. The summed E-state index contributed by atoms with van der Waals surface area (Å²) in [6, 6.07) is 6.26. The van der Waals surface area contributed by atoms with E-state index in [2.05, 4.69) is 21.2 Å². The van der Waals surface area contributed by atoms with Crippen LogP contribution in [0.2, 0.25) is 0 Å². The van der Waals surface area contributed by atoms with Gasteiger partial charge in [-0.15, -0.1) is 11.8 Å². The number of hydrogen-bond acceptors (Lipinski definition) is 4. The number of carbonyl (C=O) groups is 2. The first-order valence-electron chi connectivity index (χ1n) is 5.10. The van der Waals surface area contributed by atoms with Crippen molar-refractivity contribution >= 4 is 45.3 Å². The summed E-state index contributed by atoms with van der Waals surface area (Å²) in [4.78, 5) is 22.0. The number of benzene rings is 1. The van der Waals surface area contributed by atoms with Gasteiger partial charge >= 0.3 is 5.97 Å². The Kier molecular flexibility index (Phi) is 6.17. The highest BCUT2D eigenvalue weighted by molar-refractivity contribution is 9.10. The van der Waals surface area contributed by atoms with Crippen LogP contribution in [0.3, 0.4) is 0 Å². The molecule has 0 saturated carbocycles. The van der Waals surface area contributed by atoms with Crippen molar-refractivity contribution in [3.63, 3.8) is 0 Å². The molecule has 0 radical (unpaired) electrons. The van der Waals surface area contributed by atoms with Crippen molar-refractivity contribution in [3.8, 4) is 0 Å². The van der Waals surface area contributed by atoms with Crippen LogP contribution in [0, 0.1) is 0 Å². The monoisotopic (exact) mass is 332 g/mol. The van der Waals surface area contributed by atoms with Crippen LogP contribution in [0.15, 0.2) is 28.7 Å². The Labute approximate surface area is 117 Å².